The number of amides is 1. The molecule has 0 radical (unpaired) electrons. The summed E-state index contributed by atoms with van der Waals surface area (Å²) in [5.74, 6) is 2.92. The van der Waals surface area contributed by atoms with Crippen LogP contribution in [0.25, 0.3) is 0 Å². The van der Waals surface area contributed by atoms with Crippen LogP contribution < -0.4 is 10.6 Å². The highest BCUT2D eigenvalue weighted by Crippen LogP contribution is 2.15. The van der Waals surface area contributed by atoms with Gasteiger partial charge in [-0.2, -0.15) is 11.8 Å². The van der Waals surface area contributed by atoms with Gasteiger partial charge in [-0.3, -0.25) is 4.79 Å². The molecule has 1 atom stereocenters. The lowest BCUT2D eigenvalue weighted by Crippen LogP contribution is -2.29. The molecule has 1 aromatic heterocycles. The third kappa shape index (κ3) is 5.36. The Bertz CT molecular complexity index is 468. The Kier molecular flexibility index (Phi) is 6.76. The molecule has 1 aromatic rings. The molecular weight excluding hydrogens is 298 g/mol. The Morgan fingerprint density at radius 2 is 2.14 bits per heavy atom. The smallest absolute Gasteiger partial charge is 0.219 e. The first-order valence-corrected chi connectivity index (χ1v) is 9.17. The lowest BCUT2D eigenvalue weighted by Gasteiger charge is -2.15. The van der Waals surface area contributed by atoms with Crippen molar-refractivity contribution in [2.75, 3.05) is 42.3 Å². The Balaban J connectivity index is 1.72. The molecule has 1 aliphatic rings. The molecule has 0 unspecified atom stereocenters. The van der Waals surface area contributed by atoms with E-state index in [4.69, 9.17) is 0 Å². The van der Waals surface area contributed by atoms with Gasteiger partial charge in [-0.05, 0) is 43.4 Å². The third-order valence-electron chi connectivity index (χ3n) is 3.73. The van der Waals surface area contributed by atoms with Crippen molar-refractivity contribution >= 4 is 29.3 Å². The predicted octanol–water partition coefficient (Wildman–Crippen LogP) is 2.06. The Hall–Kier alpha value is -1.50. The molecule has 1 amide bonds. The van der Waals surface area contributed by atoms with Crippen molar-refractivity contribution in [3.05, 3.63) is 12.1 Å². The van der Waals surface area contributed by atoms with Gasteiger partial charge < -0.3 is 15.5 Å². The number of carbonyl (C=O) groups excluding carboxylic acids is 1. The number of likely N-dealkylation sites (tertiary alicyclic amines) is 1. The van der Waals surface area contributed by atoms with E-state index in [0.717, 1.165) is 44.1 Å². The standard InChI is InChI=1S/C15H25N5OS/c1-12(21)20-9-7-13(11-20)17-15-6-5-14(18-19-15)16-8-3-4-10-22-2/h5-6,13H,3-4,7-11H2,1-2H3,(H,16,18)(H,17,19)/t13-/m1/s1. The number of aromatic nitrogens is 2. The van der Waals surface area contributed by atoms with Crippen LogP contribution in [0.3, 0.4) is 0 Å². The van der Waals surface area contributed by atoms with Gasteiger partial charge in [0.15, 0.2) is 0 Å². The van der Waals surface area contributed by atoms with E-state index in [1.807, 2.05) is 28.8 Å². The van der Waals surface area contributed by atoms with E-state index in [-0.39, 0.29) is 11.9 Å². The van der Waals surface area contributed by atoms with Gasteiger partial charge in [-0.25, -0.2) is 0 Å². The second kappa shape index (κ2) is 8.82. The molecule has 1 fully saturated rings. The van der Waals surface area contributed by atoms with Crippen LogP contribution in [0.1, 0.15) is 26.2 Å². The highest BCUT2D eigenvalue weighted by Gasteiger charge is 2.24. The Morgan fingerprint density at radius 1 is 1.36 bits per heavy atom. The fourth-order valence-corrected chi connectivity index (χ4v) is 2.96. The summed E-state index contributed by atoms with van der Waals surface area (Å²) in [6, 6.07) is 4.15. The molecule has 0 aliphatic carbocycles. The van der Waals surface area contributed by atoms with Gasteiger partial charge in [0.25, 0.3) is 0 Å². The lowest BCUT2D eigenvalue weighted by atomic mass is 10.2. The highest BCUT2D eigenvalue weighted by molar-refractivity contribution is 7.98. The van der Waals surface area contributed by atoms with Crippen molar-refractivity contribution in [3.63, 3.8) is 0 Å². The van der Waals surface area contributed by atoms with Gasteiger partial charge in [0.2, 0.25) is 5.91 Å². The molecule has 0 spiro atoms. The Morgan fingerprint density at radius 3 is 2.77 bits per heavy atom. The maximum Gasteiger partial charge on any atom is 0.219 e. The van der Waals surface area contributed by atoms with Crippen LogP contribution in [0.15, 0.2) is 12.1 Å². The van der Waals surface area contributed by atoms with Crippen LogP contribution in [0.4, 0.5) is 11.6 Å². The number of nitrogens with zero attached hydrogens (tertiary/aromatic N) is 3. The van der Waals surface area contributed by atoms with Gasteiger partial charge in [-0.1, -0.05) is 0 Å². The number of hydrogen-bond acceptors (Lipinski definition) is 6. The molecule has 0 aromatic carbocycles. The molecular formula is C15H25N5OS. The van der Waals surface area contributed by atoms with E-state index in [1.165, 1.54) is 12.2 Å². The minimum absolute atomic E-state index is 0.136. The summed E-state index contributed by atoms with van der Waals surface area (Å²) in [7, 11) is 0. The van der Waals surface area contributed by atoms with Gasteiger partial charge in [0.05, 0.1) is 0 Å². The number of anilines is 2. The summed E-state index contributed by atoms with van der Waals surface area (Å²) in [6.45, 7) is 4.10. The normalized spacial score (nSPS) is 17.5. The molecule has 0 saturated carbocycles. The number of nitrogens with one attached hydrogen (secondary N) is 2. The van der Waals surface area contributed by atoms with Crippen LogP contribution in [0.5, 0.6) is 0 Å². The number of rotatable bonds is 8. The lowest BCUT2D eigenvalue weighted by molar-refractivity contribution is -0.127. The summed E-state index contributed by atoms with van der Waals surface area (Å²) in [5.41, 5.74) is 0. The first-order chi connectivity index (χ1) is 10.7. The molecule has 2 heterocycles. The molecule has 2 rings (SSSR count). The van der Waals surface area contributed by atoms with Gasteiger partial charge in [0.1, 0.15) is 11.6 Å². The number of unbranched alkanes of at least 4 members (excludes halogenated alkanes) is 1. The van der Waals surface area contributed by atoms with Gasteiger partial charge >= 0.3 is 0 Å². The average Bonchev–Trinajstić information content (AvgIpc) is 2.97. The third-order valence-corrected chi connectivity index (χ3v) is 4.43. The maximum absolute atomic E-state index is 11.3. The monoisotopic (exact) mass is 323 g/mol. The topological polar surface area (TPSA) is 70.2 Å². The van der Waals surface area contributed by atoms with E-state index in [2.05, 4.69) is 27.1 Å². The zero-order valence-corrected chi connectivity index (χ0v) is 14.2. The number of hydrogen-bond donors (Lipinski definition) is 2. The zero-order chi connectivity index (χ0) is 15.8. The van der Waals surface area contributed by atoms with E-state index >= 15 is 0 Å². The SMILES string of the molecule is CSCCCCNc1ccc(N[C@@H]2CCN(C(C)=O)C2)nn1. The summed E-state index contributed by atoms with van der Waals surface area (Å²) in [4.78, 5) is 13.2. The van der Waals surface area contributed by atoms with Crippen LogP contribution in [-0.4, -0.2) is 58.7 Å². The summed E-state index contributed by atoms with van der Waals surface area (Å²) >= 11 is 1.88. The maximum atomic E-state index is 11.3. The molecule has 1 saturated heterocycles. The molecule has 0 bridgehead atoms. The highest BCUT2D eigenvalue weighted by atomic mass is 32.2. The molecule has 1 aliphatic heterocycles. The van der Waals surface area contributed by atoms with Gasteiger partial charge in [-0.15, -0.1) is 10.2 Å². The van der Waals surface area contributed by atoms with E-state index < -0.39 is 0 Å². The zero-order valence-electron chi connectivity index (χ0n) is 13.3. The molecule has 7 heteroatoms. The molecule has 122 valence electrons. The fourth-order valence-electron chi connectivity index (χ4n) is 2.46. The van der Waals surface area contributed by atoms with Crippen LogP contribution >= 0.6 is 11.8 Å². The summed E-state index contributed by atoms with van der Waals surface area (Å²) < 4.78 is 0. The summed E-state index contributed by atoms with van der Waals surface area (Å²) in [6.07, 6.45) is 5.45. The second-order valence-electron chi connectivity index (χ2n) is 5.53. The van der Waals surface area contributed by atoms with Crippen LogP contribution in [0, 0.1) is 0 Å². The van der Waals surface area contributed by atoms with Crippen molar-refractivity contribution in [1.82, 2.24) is 15.1 Å². The number of carbonyl (C=O) groups is 1. The van der Waals surface area contributed by atoms with Crippen molar-refractivity contribution in [2.24, 2.45) is 0 Å². The van der Waals surface area contributed by atoms with Gasteiger partial charge in [0, 0.05) is 32.6 Å². The predicted molar refractivity (Wildman–Crippen MR) is 92.4 cm³/mol. The molecule has 2 N–H and O–H groups in total. The van der Waals surface area contributed by atoms with Crippen LogP contribution in [-0.2, 0) is 4.79 Å². The summed E-state index contributed by atoms with van der Waals surface area (Å²) in [5, 5.41) is 15.0. The molecule has 6 nitrogen and oxygen atoms in total. The van der Waals surface area contributed by atoms with E-state index in [0.29, 0.717) is 0 Å². The number of thioether (sulfide) groups is 1. The Labute approximate surface area is 136 Å². The quantitative estimate of drug-likeness (QED) is 0.714. The second-order valence-corrected chi connectivity index (χ2v) is 6.51. The van der Waals surface area contributed by atoms with Crippen molar-refractivity contribution < 1.29 is 4.79 Å². The first kappa shape index (κ1) is 16.9. The van der Waals surface area contributed by atoms with Crippen LogP contribution in [0.2, 0.25) is 0 Å². The van der Waals surface area contributed by atoms with E-state index in [1.54, 1.807) is 6.92 Å². The first-order valence-electron chi connectivity index (χ1n) is 7.77. The average molecular weight is 323 g/mol. The van der Waals surface area contributed by atoms with Crippen molar-refractivity contribution in [3.8, 4) is 0 Å². The minimum Gasteiger partial charge on any atom is -0.369 e. The van der Waals surface area contributed by atoms with E-state index in [9.17, 15) is 4.79 Å². The van der Waals surface area contributed by atoms with Crippen molar-refractivity contribution in [2.45, 2.75) is 32.2 Å². The minimum atomic E-state index is 0.136. The largest absolute Gasteiger partial charge is 0.369 e. The van der Waals surface area contributed by atoms with Crippen molar-refractivity contribution in [1.29, 1.82) is 0 Å². The molecule has 22 heavy (non-hydrogen) atoms. The fraction of sp³-hybridized carbons (Fsp3) is 0.667.